The van der Waals surface area contributed by atoms with E-state index in [1.165, 1.54) is 6.07 Å². The highest BCUT2D eigenvalue weighted by molar-refractivity contribution is 5.96. The maximum absolute atomic E-state index is 11.1. The summed E-state index contributed by atoms with van der Waals surface area (Å²) >= 11 is 0. The van der Waals surface area contributed by atoms with Crippen LogP contribution >= 0.6 is 0 Å². The Bertz CT molecular complexity index is 660. The number of aromatic nitrogens is 1. The summed E-state index contributed by atoms with van der Waals surface area (Å²) in [7, 11) is 0. The number of rotatable bonds is 7. The van der Waals surface area contributed by atoms with Crippen molar-refractivity contribution in [2.45, 2.75) is 32.7 Å². The van der Waals surface area contributed by atoms with Crippen molar-refractivity contribution in [3.63, 3.8) is 0 Å². The fourth-order valence-electron chi connectivity index (χ4n) is 2.54. The number of aliphatic hydroxyl groups is 1. The highest BCUT2D eigenvalue weighted by Gasteiger charge is 2.17. The van der Waals surface area contributed by atoms with E-state index in [4.69, 9.17) is 0 Å². The maximum atomic E-state index is 11.1. The largest absolute Gasteiger partial charge is 0.396 e. The molecule has 2 N–H and O–H groups in total. The van der Waals surface area contributed by atoms with E-state index in [2.05, 4.69) is 17.2 Å². The molecule has 0 spiro atoms. The van der Waals surface area contributed by atoms with Crippen LogP contribution in [0.25, 0.3) is 10.9 Å². The smallest absolute Gasteiger partial charge is 0.278 e. The van der Waals surface area contributed by atoms with Gasteiger partial charge in [-0.15, -0.1) is 0 Å². The number of fused-ring (bicyclic) bond motifs is 1. The SMILES string of the molecule is CC[C@@H](C[C@@H](C)CO)Nc1ccc([N+](=O)[O-])c2cccnc12. The quantitative estimate of drug-likeness (QED) is 0.605. The molecule has 0 unspecified atom stereocenters. The summed E-state index contributed by atoms with van der Waals surface area (Å²) in [5, 5.41) is 24.3. The first-order valence-electron chi connectivity index (χ1n) is 7.46. The molecule has 6 nitrogen and oxygen atoms in total. The molecule has 1 aromatic carbocycles. The number of nitrogens with one attached hydrogen (secondary N) is 1. The van der Waals surface area contributed by atoms with Gasteiger partial charge in [-0.1, -0.05) is 13.8 Å². The second-order valence-corrected chi connectivity index (χ2v) is 5.56. The number of hydrogen-bond acceptors (Lipinski definition) is 5. The molecule has 0 bridgehead atoms. The number of hydrogen-bond donors (Lipinski definition) is 2. The average molecular weight is 303 g/mol. The van der Waals surface area contributed by atoms with Crippen LogP contribution in [-0.4, -0.2) is 27.7 Å². The van der Waals surface area contributed by atoms with Crippen molar-refractivity contribution in [3.8, 4) is 0 Å². The molecule has 0 aliphatic heterocycles. The number of non-ortho nitro benzene ring substituents is 1. The molecule has 1 heterocycles. The summed E-state index contributed by atoms with van der Waals surface area (Å²) in [6.45, 7) is 4.22. The lowest BCUT2D eigenvalue weighted by Gasteiger charge is -2.21. The third-order valence-electron chi connectivity index (χ3n) is 3.79. The van der Waals surface area contributed by atoms with Crippen LogP contribution in [-0.2, 0) is 0 Å². The second-order valence-electron chi connectivity index (χ2n) is 5.56. The number of anilines is 1. The van der Waals surface area contributed by atoms with Gasteiger partial charge in [-0.3, -0.25) is 15.1 Å². The van der Waals surface area contributed by atoms with Crippen LogP contribution in [0.3, 0.4) is 0 Å². The van der Waals surface area contributed by atoms with Crippen LogP contribution in [0.2, 0.25) is 0 Å². The number of aliphatic hydroxyl groups excluding tert-OH is 1. The average Bonchev–Trinajstić information content (AvgIpc) is 2.53. The zero-order valence-corrected chi connectivity index (χ0v) is 12.8. The summed E-state index contributed by atoms with van der Waals surface area (Å²) in [5.74, 6) is 0.203. The van der Waals surface area contributed by atoms with Gasteiger partial charge in [0.05, 0.1) is 16.0 Å². The zero-order valence-electron chi connectivity index (χ0n) is 12.8. The molecule has 6 heteroatoms. The Hall–Kier alpha value is -2.21. The van der Waals surface area contributed by atoms with Gasteiger partial charge in [0.2, 0.25) is 0 Å². The highest BCUT2D eigenvalue weighted by Crippen LogP contribution is 2.30. The molecule has 2 aromatic rings. The van der Waals surface area contributed by atoms with Gasteiger partial charge in [0.25, 0.3) is 5.69 Å². The lowest BCUT2D eigenvalue weighted by atomic mass is 10.00. The van der Waals surface area contributed by atoms with Gasteiger partial charge in [-0.2, -0.15) is 0 Å². The van der Waals surface area contributed by atoms with Crippen molar-refractivity contribution in [2.75, 3.05) is 11.9 Å². The van der Waals surface area contributed by atoms with Gasteiger partial charge in [0, 0.05) is 24.9 Å². The number of nitro groups is 1. The van der Waals surface area contributed by atoms with E-state index in [1.807, 2.05) is 6.92 Å². The number of benzene rings is 1. The lowest BCUT2D eigenvalue weighted by Crippen LogP contribution is -2.22. The number of nitrogens with zero attached hydrogens (tertiary/aromatic N) is 2. The van der Waals surface area contributed by atoms with Gasteiger partial charge in [-0.05, 0) is 37.0 Å². The van der Waals surface area contributed by atoms with Crippen LogP contribution in [0.1, 0.15) is 26.7 Å². The van der Waals surface area contributed by atoms with E-state index in [-0.39, 0.29) is 29.2 Å². The van der Waals surface area contributed by atoms with Crippen LogP contribution in [0.15, 0.2) is 30.5 Å². The molecule has 0 radical (unpaired) electrons. The Balaban J connectivity index is 2.35. The first-order valence-corrected chi connectivity index (χ1v) is 7.46. The predicted molar refractivity (Wildman–Crippen MR) is 87.0 cm³/mol. The molecule has 0 aliphatic carbocycles. The van der Waals surface area contributed by atoms with Gasteiger partial charge < -0.3 is 10.4 Å². The van der Waals surface area contributed by atoms with Crippen LogP contribution in [0, 0.1) is 16.0 Å². The van der Waals surface area contributed by atoms with Crippen molar-refractivity contribution in [1.29, 1.82) is 0 Å². The molecule has 1 aromatic heterocycles. The molecular weight excluding hydrogens is 282 g/mol. The molecule has 22 heavy (non-hydrogen) atoms. The fourth-order valence-corrected chi connectivity index (χ4v) is 2.54. The van der Waals surface area contributed by atoms with Crippen LogP contribution in [0.4, 0.5) is 11.4 Å². The van der Waals surface area contributed by atoms with Gasteiger partial charge >= 0.3 is 0 Å². The molecule has 0 saturated heterocycles. The van der Waals surface area contributed by atoms with Gasteiger partial charge in [0.15, 0.2) is 0 Å². The van der Waals surface area contributed by atoms with Crippen molar-refractivity contribution < 1.29 is 10.0 Å². The molecule has 2 rings (SSSR count). The topological polar surface area (TPSA) is 88.3 Å². The Morgan fingerprint density at radius 2 is 2.18 bits per heavy atom. The summed E-state index contributed by atoms with van der Waals surface area (Å²) in [5.41, 5.74) is 1.45. The van der Waals surface area contributed by atoms with Crippen molar-refractivity contribution in [1.82, 2.24) is 4.98 Å². The molecule has 0 amide bonds. The van der Waals surface area contributed by atoms with Crippen molar-refractivity contribution >= 4 is 22.3 Å². The lowest BCUT2D eigenvalue weighted by molar-refractivity contribution is -0.383. The third kappa shape index (κ3) is 3.51. The Kier molecular flexibility index (Phi) is 5.27. The molecule has 0 saturated carbocycles. The first-order chi connectivity index (χ1) is 10.6. The third-order valence-corrected chi connectivity index (χ3v) is 3.79. The van der Waals surface area contributed by atoms with E-state index < -0.39 is 0 Å². The summed E-state index contributed by atoms with van der Waals surface area (Å²) in [6, 6.07) is 6.82. The normalized spacial score (nSPS) is 13.8. The second kappa shape index (κ2) is 7.17. The van der Waals surface area contributed by atoms with E-state index in [0.717, 1.165) is 18.5 Å². The minimum absolute atomic E-state index is 0.0606. The van der Waals surface area contributed by atoms with Gasteiger partial charge in [-0.25, -0.2) is 0 Å². The summed E-state index contributed by atoms with van der Waals surface area (Å²) in [6.07, 6.45) is 3.36. The number of pyridine rings is 1. The van der Waals surface area contributed by atoms with E-state index in [0.29, 0.717) is 10.9 Å². The van der Waals surface area contributed by atoms with E-state index >= 15 is 0 Å². The van der Waals surface area contributed by atoms with Crippen LogP contribution in [0.5, 0.6) is 0 Å². The molecule has 2 atom stereocenters. The minimum Gasteiger partial charge on any atom is -0.396 e. The Labute approximate surface area is 129 Å². The minimum atomic E-state index is -0.390. The molecule has 0 aliphatic rings. The Morgan fingerprint density at radius 3 is 2.82 bits per heavy atom. The standard InChI is InChI=1S/C16H21N3O3/c1-3-12(9-11(2)10-20)18-14-6-7-15(19(21)22)13-5-4-8-17-16(13)14/h4-8,11-12,18,20H,3,9-10H2,1-2H3/t11-,12+/m1/s1. The van der Waals surface area contributed by atoms with Gasteiger partial charge in [0.1, 0.15) is 5.52 Å². The predicted octanol–water partition coefficient (Wildman–Crippen LogP) is 3.35. The monoisotopic (exact) mass is 303 g/mol. The molecular formula is C16H21N3O3. The molecule has 0 fully saturated rings. The highest BCUT2D eigenvalue weighted by atomic mass is 16.6. The first kappa shape index (κ1) is 16.2. The van der Waals surface area contributed by atoms with Crippen molar-refractivity contribution in [2.24, 2.45) is 5.92 Å². The fraction of sp³-hybridized carbons (Fsp3) is 0.438. The van der Waals surface area contributed by atoms with Crippen LogP contribution < -0.4 is 5.32 Å². The van der Waals surface area contributed by atoms with E-state index in [9.17, 15) is 15.2 Å². The summed E-state index contributed by atoms with van der Waals surface area (Å²) < 4.78 is 0. The van der Waals surface area contributed by atoms with E-state index in [1.54, 1.807) is 24.4 Å². The Morgan fingerprint density at radius 1 is 1.41 bits per heavy atom. The maximum Gasteiger partial charge on any atom is 0.278 e. The molecule has 118 valence electrons. The van der Waals surface area contributed by atoms with Crippen molar-refractivity contribution in [3.05, 3.63) is 40.6 Å². The number of nitro benzene ring substituents is 1. The zero-order chi connectivity index (χ0) is 16.1. The summed E-state index contributed by atoms with van der Waals surface area (Å²) in [4.78, 5) is 15.0.